The number of rotatable bonds is 2. The summed E-state index contributed by atoms with van der Waals surface area (Å²) in [4.78, 5) is 8.48. The number of oxazole rings is 1. The van der Waals surface area contributed by atoms with Crippen molar-refractivity contribution in [3.05, 3.63) is 30.5 Å². The number of para-hydroxylation sites is 2. The minimum absolute atomic E-state index is 0.593. The zero-order valence-electron chi connectivity index (χ0n) is 8.08. The topological polar surface area (TPSA) is 64.9 Å². The Bertz CT molecular complexity index is 599. The number of nitrogen functional groups attached to an aromatic ring is 1. The number of nitrogens with zero attached hydrogens (tertiary/aromatic N) is 2. The van der Waals surface area contributed by atoms with Crippen molar-refractivity contribution >= 4 is 39.2 Å². The molecule has 2 N–H and O–H groups in total. The van der Waals surface area contributed by atoms with E-state index in [1.807, 2.05) is 24.3 Å². The van der Waals surface area contributed by atoms with Crippen LogP contribution in [0.4, 0.5) is 5.00 Å². The summed E-state index contributed by atoms with van der Waals surface area (Å²) in [5, 5.41) is 1.29. The molecular weight excluding hydrogens is 242 g/mol. The van der Waals surface area contributed by atoms with Crippen molar-refractivity contribution in [1.82, 2.24) is 9.97 Å². The lowest BCUT2D eigenvalue weighted by atomic mass is 10.3. The van der Waals surface area contributed by atoms with E-state index in [1.54, 1.807) is 6.20 Å². The average Bonchev–Trinajstić information content (AvgIpc) is 2.84. The van der Waals surface area contributed by atoms with E-state index < -0.39 is 0 Å². The number of thiazole rings is 1. The molecule has 0 amide bonds. The molecule has 2 aromatic heterocycles. The number of fused-ring (bicyclic) bond motifs is 1. The Morgan fingerprint density at radius 1 is 1.31 bits per heavy atom. The van der Waals surface area contributed by atoms with Crippen molar-refractivity contribution in [3.63, 3.8) is 0 Å². The Kier molecular flexibility index (Phi) is 2.30. The molecule has 4 nitrogen and oxygen atoms in total. The summed E-state index contributed by atoms with van der Waals surface area (Å²) in [6.07, 6.45) is 1.63. The van der Waals surface area contributed by atoms with Gasteiger partial charge in [-0.1, -0.05) is 23.5 Å². The quantitative estimate of drug-likeness (QED) is 0.756. The van der Waals surface area contributed by atoms with E-state index in [-0.39, 0.29) is 0 Å². The van der Waals surface area contributed by atoms with Crippen LogP contribution in [0.3, 0.4) is 0 Å². The van der Waals surface area contributed by atoms with E-state index in [2.05, 4.69) is 9.97 Å². The highest BCUT2D eigenvalue weighted by atomic mass is 32.2. The monoisotopic (exact) mass is 249 g/mol. The van der Waals surface area contributed by atoms with Crippen molar-refractivity contribution in [1.29, 1.82) is 0 Å². The second-order valence-electron chi connectivity index (χ2n) is 3.08. The number of benzene rings is 1. The Morgan fingerprint density at radius 3 is 2.94 bits per heavy atom. The molecular formula is C10H7N3OS2. The zero-order chi connectivity index (χ0) is 11.0. The van der Waals surface area contributed by atoms with Gasteiger partial charge in [-0.3, -0.25) is 0 Å². The van der Waals surface area contributed by atoms with Crippen LogP contribution >= 0.6 is 23.1 Å². The van der Waals surface area contributed by atoms with E-state index in [0.29, 0.717) is 10.2 Å². The number of anilines is 1. The zero-order valence-corrected chi connectivity index (χ0v) is 9.72. The molecule has 6 heteroatoms. The maximum Gasteiger partial charge on any atom is 0.263 e. The molecule has 0 aliphatic carbocycles. The van der Waals surface area contributed by atoms with Crippen LogP contribution in [0.5, 0.6) is 0 Å². The first kappa shape index (κ1) is 9.68. The van der Waals surface area contributed by atoms with Gasteiger partial charge in [-0.05, 0) is 12.1 Å². The first-order valence-electron chi connectivity index (χ1n) is 4.56. The SMILES string of the molecule is Nc1cnc(Sc2nc3ccccc3o2)s1. The normalized spacial score (nSPS) is 11.0. The lowest BCUT2D eigenvalue weighted by Crippen LogP contribution is -1.73. The highest BCUT2D eigenvalue weighted by Crippen LogP contribution is 2.33. The summed E-state index contributed by atoms with van der Waals surface area (Å²) in [6.45, 7) is 0. The molecule has 16 heavy (non-hydrogen) atoms. The molecule has 0 bridgehead atoms. The fourth-order valence-electron chi connectivity index (χ4n) is 1.29. The molecule has 2 heterocycles. The van der Waals surface area contributed by atoms with Gasteiger partial charge < -0.3 is 10.2 Å². The summed E-state index contributed by atoms with van der Waals surface area (Å²) in [5.74, 6) is 0. The van der Waals surface area contributed by atoms with Gasteiger partial charge in [-0.2, -0.15) is 0 Å². The molecule has 0 spiro atoms. The lowest BCUT2D eigenvalue weighted by Gasteiger charge is -1.86. The molecule has 80 valence electrons. The average molecular weight is 249 g/mol. The maximum absolute atomic E-state index is 5.60. The predicted octanol–water partition coefficient (Wildman–Crippen LogP) is 3.02. The minimum atomic E-state index is 0.593. The molecule has 0 saturated heterocycles. The number of nitrogens with two attached hydrogens (primary N) is 1. The smallest absolute Gasteiger partial charge is 0.263 e. The molecule has 3 rings (SSSR count). The Labute approximate surface area is 99.5 Å². The molecule has 0 atom stereocenters. The summed E-state index contributed by atoms with van der Waals surface area (Å²) in [6, 6.07) is 7.66. The standard InChI is InChI=1S/C10H7N3OS2/c11-8-5-12-10(15-8)16-9-13-6-3-1-2-4-7(6)14-9/h1-5H,11H2. The molecule has 0 radical (unpaired) electrons. The number of hydrogen-bond donors (Lipinski definition) is 1. The van der Waals surface area contributed by atoms with E-state index >= 15 is 0 Å². The number of aromatic nitrogens is 2. The van der Waals surface area contributed by atoms with Crippen LogP contribution in [0.1, 0.15) is 0 Å². The van der Waals surface area contributed by atoms with Gasteiger partial charge in [0, 0.05) is 11.8 Å². The lowest BCUT2D eigenvalue weighted by molar-refractivity contribution is 0.489. The summed E-state index contributed by atoms with van der Waals surface area (Å²) in [7, 11) is 0. The van der Waals surface area contributed by atoms with Gasteiger partial charge >= 0.3 is 0 Å². The third kappa shape index (κ3) is 1.77. The minimum Gasteiger partial charge on any atom is -0.431 e. The van der Waals surface area contributed by atoms with Crippen LogP contribution in [-0.2, 0) is 0 Å². The van der Waals surface area contributed by atoms with Gasteiger partial charge in [0.25, 0.3) is 5.22 Å². The van der Waals surface area contributed by atoms with Crippen molar-refractivity contribution in [2.75, 3.05) is 5.73 Å². The molecule has 0 unspecified atom stereocenters. The first-order valence-corrected chi connectivity index (χ1v) is 6.19. The molecule has 1 aromatic carbocycles. The second-order valence-corrected chi connectivity index (χ2v) is 5.34. The first-order chi connectivity index (χ1) is 7.81. The molecule has 0 saturated carbocycles. The molecule has 0 fully saturated rings. The van der Waals surface area contributed by atoms with Crippen molar-refractivity contribution < 1.29 is 4.42 Å². The van der Waals surface area contributed by atoms with Gasteiger partial charge in [0.2, 0.25) is 0 Å². The fraction of sp³-hybridized carbons (Fsp3) is 0. The van der Waals surface area contributed by atoms with Gasteiger partial charge in [0.1, 0.15) is 10.5 Å². The van der Waals surface area contributed by atoms with Crippen LogP contribution in [0.15, 0.2) is 44.4 Å². The largest absolute Gasteiger partial charge is 0.431 e. The van der Waals surface area contributed by atoms with E-state index in [4.69, 9.17) is 10.2 Å². The Balaban J connectivity index is 1.95. The van der Waals surface area contributed by atoms with Gasteiger partial charge in [-0.15, -0.1) is 0 Å². The maximum atomic E-state index is 5.60. The van der Waals surface area contributed by atoms with Gasteiger partial charge in [0.05, 0.1) is 6.20 Å². The highest BCUT2D eigenvalue weighted by Gasteiger charge is 2.09. The van der Waals surface area contributed by atoms with Gasteiger partial charge in [-0.25, -0.2) is 9.97 Å². The summed E-state index contributed by atoms with van der Waals surface area (Å²) < 4.78 is 6.40. The van der Waals surface area contributed by atoms with Crippen molar-refractivity contribution in [2.24, 2.45) is 0 Å². The summed E-state index contributed by atoms with van der Waals surface area (Å²) in [5.41, 5.74) is 7.24. The Hall–Kier alpha value is -1.53. The fourth-order valence-corrected chi connectivity index (χ4v) is 2.90. The van der Waals surface area contributed by atoms with E-state index in [9.17, 15) is 0 Å². The highest BCUT2D eigenvalue weighted by molar-refractivity contribution is 8.00. The van der Waals surface area contributed by atoms with Crippen LogP contribution in [0.25, 0.3) is 11.1 Å². The van der Waals surface area contributed by atoms with Crippen molar-refractivity contribution in [3.8, 4) is 0 Å². The molecule has 0 aliphatic heterocycles. The van der Waals surface area contributed by atoms with Crippen LogP contribution < -0.4 is 5.73 Å². The molecule has 3 aromatic rings. The van der Waals surface area contributed by atoms with Crippen LogP contribution in [0.2, 0.25) is 0 Å². The van der Waals surface area contributed by atoms with Gasteiger partial charge in [0.15, 0.2) is 9.92 Å². The van der Waals surface area contributed by atoms with E-state index in [1.165, 1.54) is 23.1 Å². The molecule has 0 aliphatic rings. The Morgan fingerprint density at radius 2 is 2.19 bits per heavy atom. The van der Waals surface area contributed by atoms with Crippen LogP contribution in [-0.4, -0.2) is 9.97 Å². The van der Waals surface area contributed by atoms with E-state index in [0.717, 1.165) is 15.4 Å². The second kappa shape index (κ2) is 3.80. The third-order valence-electron chi connectivity index (χ3n) is 1.95. The van der Waals surface area contributed by atoms with Crippen molar-refractivity contribution in [2.45, 2.75) is 9.56 Å². The van der Waals surface area contributed by atoms with Crippen LogP contribution in [0, 0.1) is 0 Å². The number of hydrogen-bond acceptors (Lipinski definition) is 6. The third-order valence-corrected chi connectivity index (χ3v) is 3.70. The predicted molar refractivity (Wildman–Crippen MR) is 64.7 cm³/mol. The summed E-state index contributed by atoms with van der Waals surface area (Å²) >= 11 is 2.81.